The summed E-state index contributed by atoms with van der Waals surface area (Å²) in [7, 11) is 1.63. The van der Waals surface area contributed by atoms with E-state index in [1.807, 2.05) is 18.2 Å². The maximum absolute atomic E-state index is 5.62. The normalized spacial score (nSPS) is 10.2. The first kappa shape index (κ1) is 14.4. The van der Waals surface area contributed by atoms with Crippen LogP contribution < -0.4 is 14.8 Å². The average Bonchev–Trinajstić information content (AvgIpc) is 2.37. The summed E-state index contributed by atoms with van der Waals surface area (Å²) in [6, 6.07) is 6.40. The lowest BCUT2D eigenvalue weighted by atomic mass is 10.2. The fourth-order valence-electron chi connectivity index (χ4n) is 1.49. The molecule has 0 aromatic heterocycles. The van der Waals surface area contributed by atoms with Gasteiger partial charge in [-0.05, 0) is 17.7 Å². The minimum atomic E-state index is 0.456. The van der Waals surface area contributed by atoms with Crippen molar-refractivity contribution in [3.8, 4) is 23.8 Å². The Hall–Kier alpha value is -1.66. The standard InChI is InChI=1S/C15H21NO2/c1-5-6-9-18-15-10-13(11-16-12(2)3)7-8-14(15)17-4/h1,7-8,10,12,16H,6,9,11H2,2-4H3. The molecule has 3 heteroatoms. The second-order valence-corrected chi connectivity index (χ2v) is 4.32. The third-order valence-electron chi connectivity index (χ3n) is 2.45. The van der Waals surface area contributed by atoms with Gasteiger partial charge in [0.15, 0.2) is 11.5 Å². The van der Waals surface area contributed by atoms with E-state index in [-0.39, 0.29) is 0 Å². The Morgan fingerprint density at radius 2 is 2.11 bits per heavy atom. The summed E-state index contributed by atoms with van der Waals surface area (Å²) in [5.74, 6) is 4.03. The number of terminal acetylenes is 1. The van der Waals surface area contributed by atoms with Crippen molar-refractivity contribution in [1.29, 1.82) is 0 Å². The van der Waals surface area contributed by atoms with Gasteiger partial charge in [-0.25, -0.2) is 0 Å². The van der Waals surface area contributed by atoms with Gasteiger partial charge >= 0.3 is 0 Å². The highest BCUT2D eigenvalue weighted by Crippen LogP contribution is 2.28. The molecule has 0 fully saturated rings. The van der Waals surface area contributed by atoms with Gasteiger partial charge < -0.3 is 14.8 Å². The molecule has 0 aliphatic rings. The smallest absolute Gasteiger partial charge is 0.161 e. The highest BCUT2D eigenvalue weighted by atomic mass is 16.5. The predicted octanol–water partition coefficient (Wildman–Crippen LogP) is 2.60. The molecule has 1 N–H and O–H groups in total. The molecule has 0 radical (unpaired) electrons. The Bertz CT molecular complexity index is 407. The first-order chi connectivity index (χ1) is 8.67. The molecule has 1 aromatic rings. The zero-order chi connectivity index (χ0) is 13.4. The Balaban J connectivity index is 2.71. The molecular weight excluding hydrogens is 226 g/mol. The van der Waals surface area contributed by atoms with Crippen LogP contribution in [0.15, 0.2) is 18.2 Å². The van der Waals surface area contributed by atoms with Gasteiger partial charge in [-0.1, -0.05) is 19.9 Å². The lowest BCUT2D eigenvalue weighted by Gasteiger charge is -2.13. The quantitative estimate of drug-likeness (QED) is 0.593. The largest absolute Gasteiger partial charge is 0.493 e. The maximum Gasteiger partial charge on any atom is 0.161 e. The predicted molar refractivity (Wildman–Crippen MR) is 73.9 cm³/mol. The van der Waals surface area contributed by atoms with Crippen LogP contribution in [-0.2, 0) is 6.54 Å². The highest BCUT2D eigenvalue weighted by molar-refractivity contribution is 5.43. The number of benzene rings is 1. The van der Waals surface area contributed by atoms with Crippen molar-refractivity contribution < 1.29 is 9.47 Å². The Morgan fingerprint density at radius 3 is 2.72 bits per heavy atom. The van der Waals surface area contributed by atoms with Gasteiger partial charge in [0.2, 0.25) is 0 Å². The van der Waals surface area contributed by atoms with Gasteiger partial charge in [-0.15, -0.1) is 12.3 Å². The number of rotatable bonds is 7. The van der Waals surface area contributed by atoms with E-state index in [4.69, 9.17) is 15.9 Å². The van der Waals surface area contributed by atoms with Crippen molar-refractivity contribution in [3.05, 3.63) is 23.8 Å². The molecule has 0 atom stereocenters. The molecule has 0 spiro atoms. The van der Waals surface area contributed by atoms with E-state index in [1.165, 1.54) is 5.56 Å². The highest BCUT2D eigenvalue weighted by Gasteiger charge is 2.06. The summed E-state index contributed by atoms with van der Waals surface area (Å²) < 4.78 is 10.9. The first-order valence-electron chi connectivity index (χ1n) is 6.14. The van der Waals surface area contributed by atoms with E-state index in [2.05, 4.69) is 25.1 Å². The lowest BCUT2D eigenvalue weighted by Crippen LogP contribution is -2.21. The molecule has 0 bridgehead atoms. The van der Waals surface area contributed by atoms with E-state index >= 15 is 0 Å². The van der Waals surface area contributed by atoms with Crippen LogP contribution in [0.5, 0.6) is 11.5 Å². The minimum Gasteiger partial charge on any atom is -0.493 e. The molecule has 1 rings (SSSR count). The molecule has 0 aliphatic heterocycles. The van der Waals surface area contributed by atoms with Crippen molar-refractivity contribution in [2.45, 2.75) is 32.9 Å². The van der Waals surface area contributed by atoms with E-state index in [1.54, 1.807) is 7.11 Å². The first-order valence-corrected chi connectivity index (χ1v) is 6.14. The van der Waals surface area contributed by atoms with Gasteiger partial charge in [0.05, 0.1) is 13.7 Å². The van der Waals surface area contributed by atoms with Gasteiger partial charge in [0.25, 0.3) is 0 Å². The summed E-state index contributed by atoms with van der Waals surface area (Å²) in [4.78, 5) is 0. The maximum atomic E-state index is 5.62. The zero-order valence-electron chi connectivity index (χ0n) is 11.3. The number of nitrogens with one attached hydrogen (secondary N) is 1. The fourth-order valence-corrected chi connectivity index (χ4v) is 1.49. The lowest BCUT2D eigenvalue weighted by molar-refractivity contribution is 0.301. The van der Waals surface area contributed by atoms with Crippen LogP contribution in [0.2, 0.25) is 0 Å². The molecular formula is C15H21NO2. The molecule has 1 aromatic carbocycles. The van der Waals surface area contributed by atoms with Gasteiger partial charge in [-0.2, -0.15) is 0 Å². The van der Waals surface area contributed by atoms with Crippen molar-refractivity contribution >= 4 is 0 Å². The van der Waals surface area contributed by atoms with Crippen LogP contribution in [0.25, 0.3) is 0 Å². The third kappa shape index (κ3) is 4.68. The summed E-state index contributed by atoms with van der Waals surface area (Å²) in [6.07, 6.45) is 5.80. The van der Waals surface area contributed by atoms with Crippen LogP contribution in [0.3, 0.4) is 0 Å². The van der Waals surface area contributed by atoms with E-state index < -0.39 is 0 Å². The third-order valence-corrected chi connectivity index (χ3v) is 2.45. The molecule has 0 saturated heterocycles. The van der Waals surface area contributed by atoms with E-state index in [9.17, 15) is 0 Å². The summed E-state index contributed by atoms with van der Waals surface area (Å²) >= 11 is 0. The summed E-state index contributed by atoms with van der Waals surface area (Å²) in [6.45, 7) is 5.56. The van der Waals surface area contributed by atoms with Crippen molar-refractivity contribution in [2.75, 3.05) is 13.7 Å². The molecule has 0 heterocycles. The molecule has 0 amide bonds. The minimum absolute atomic E-state index is 0.456. The molecule has 18 heavy (non-hydrogen) atoms. The monoisotopic (exact) mass is 247 g/mol. The Morgan fingerprint density at radius 1 is 1.33 bits per heavy atom. The van der Waals surface area contributed by atoms with Crippen LogP contribution >= 0.6 is 0 Å². The van der Waals surface area contributed by atoms with Crippen LogP contribution in [0.1, 0.15) is 25.8 Å². The Labute approximate surface area is 109 Å². The van der Waals surface area contributed by atoms with Gasteiger partial charge in [0.1, 0.15) is 0 Å². The van der Waals surface area contributed by atoms with Crippen LogP contribution in [0.4, 0.5) is 0 Å². The fraction of sp³-hybridized carbons (Fsp3) is 0.467. The Kier molecular flexibility index (Phi) is 6.10. The van der Waals surface area contributed by atoms with Crippen molar-refractivity contribution in [2.24, 2.45) is 0 Å². The van der Waals surface area contributed by atoms with Crippen molar-refractivity contribution in [3.63, 3.8) is 0 Å². The van der Waals surface area contributed by atoms with Crippen molar-refractivity contribution in [1.82, 2.24) is 5.32 Å². The number of ether oxygens (including phenoxy) is 2. The number of hydrogen-bond acceptors (Lipinski definition) is 3. The molecule has 3 nitrogen and oxygen atoms in total. The molecule has 98 valence electrons. The SMILES string of the molecule is C#CCCOc1cc(CNC(C)C)ccc1OC. The average molecular weight is 247 g/mol. The summed E-state index contributed by atoms with van der Waals surface area (Å²) in [5.41, 5.74) is 1.17. The van der Waals surface area contributed by atoms with Crippen LogP contribution in [-0.4, -0.2) is 19.8 Å². The molecule has 0 saturated carbocycles. The second kappa shape index (κ2) is 7.62. The van der Waals surface area contributed by atoms with Crippen LogP contribution in [0, 0.1) is 12.3 Å². The molecule has 0 unspecified atom stereocenters. The topological polar surface area (TPSA) is 30.5 Å². The zero-order valence-corrected chi connectivity index (χ0v) is 11.3. The van der Waals surface area contributed by atoms with Gasteiger partial charge in [0, 0.05) is 19.0 Å². The molecule has 0 aliphatic carbocycles. The number of hydrogen-bond donors (Lipinski definition) is 1. The number of methoxy groups -OCH3 is 1. The van der Waals surface area contributed by atoms with E-state index in [0.717, 1.165) is 18.0 Å². The van der Waals surface area contributed by atoms with E-state index in [0.29, 0.717) is 19.1 Å². The van der Waals surface area contributed by atoms with Gasteiger partial charge in [-0.3, -0.25) is 0 Å². The summed E-state index contributed by atoms with van der Waals surface area (Å²) in [5, 5.41) is 3.37. The second-order valence-electron chi connectivity index (χ2n) is 4.32.